The molecule has 0 aromatic carbocycles. The lowest BCUT2D eigenvalue weighted by molar-refractivity contribution is -0.111. The average molecular weight is 262 g/mol. The molecule has 0 aliphatic heterocycles. The summed E-state index contributed by atoms with van der Waals surface area (Å²) in [5, 5.41) is 0. The summed E-state index contributed by atoms with van der Waals surface area (Å²) in [6, 6.07) is 3.19. The van der Waals surface area contributed by atoms with Crippen molar-refractivity contribution in [2.45, 2.75) is 12.8 Å². The molecule has 0 atom stereocenters. The molecule has 0 saturated carbocycles. The third-order valence-electron chi connectivity index (χ3n) is 1.82. The molecular weight excluding hydrogens is 250 g/mol. The van der Waals surface area contributed by atoms with E-state index >= 15 is 0 Å². The van der Waals surface area contributed by atoms with Crippen LogP contribution in [0.2, 0.25) is 0 Å². The minimum atomic E-state index is -0.401. The van der Waals surface area contributed by atoms with Gasteiger partial charge in [0.05, 0.1) is 6.54 Å². The summed E-state index contributed by atoms with van der Waals surface area (Å²) in [6.45, 7) is 0.380. The summed E-state index contributed by atoms with van der Waals surface area (Å²) >= 11 is 3.29. The molecule has 1 heterocycles. The molecule has 0 bridgehead atoms. The maximum atomic E-state index is 11.4. The quantitative estimate of drug-likeness (QED) is 0.766. The molecule has 78 valence electrons. The van der Waals surface area contributed by atoms with Gasteiger partial charge in [0.15, 0.2) is 6.29 Å². The molecule has 1 aromatic rings. The maximum absolute atomic E-state index is 11.4. The molecule has 5 heteroatoms. The van der Waals surface area contributed by atoms with Gasteiger partial charge < -0.3 is 14.0 Å². The number of ether oxygens (including phenoxy) is 2. The molecule has 4 nitrogen and oxygen atoms in total. The van der Waals surface area contributed by atoms with Crippen molar-refractivity contribution in [2.24, 2.45) is 0 Å². The zero-order valence-corrected chi connectivity index (χ0v) is 9.65. The Morgan fingerprint density at radius 1 is 1.43 bits per heavy atom. The van der Waals surface area contributed by atoms with E-state index in [0.29, 0.717) is 6.54 Å². The largest absolute Gasteiger partial charge is 0.354 e. The van der Waals surface area contributed by atoms with Gasteiger partial charge in [0.2, 0.25) is 0 Å². The Morgan fingerprint density at radius 3 is 2.64 bits per heavy atom. The van der Waals surface area contributed by atoms with Gasteiger partial charge in [-0.25, -0.2) is 0 Å². The first-order chi connectivity index (χ1) is 6.67. The van der Waals surface area contributed by atoms with Crippen molar-refractivity contribution >= 4 is 15.9 Å². The fourth-order valence-electron chi connectivity index (χ4n) is 1.05. The molecule has 0 spiro atoms. The van der Waals surface area contributed by atoms with Crippen LogP contribution in [0.3, 0.4) is 0 Å². The predicted octanol–water partition coefficient (Wildman–Crippen LogP) is 1.23. The highest BCUT2D eigenvalue weighted by Crippen LogP contribution is 2.05. The van der Waals surface area contributed by atoms with E-state index in [9.17, 15) is 4.79 Å². The second-order valence-corrected chi connectivity index (χ2v) is 3.65. The van der Waals surface area contributed by atoms with Crippen LogP contribution < -0.4 is 5.56 Å². The SMILES string of the molecule is COC(Cn1cc(Br)ccc1=O)OC. The molecule has 0 unspecified atom stereocenters. The molecule has 0 N–H and O–H groups in total. The van der Waals surface area contributed by atoms with Gasteiger partial charge in [0.1, 0.15) is 0 Å². The molecule has 0 aliphatic carbocycles. The van der Waals surface area contributed by atoms with E-state index in [1.54, 1.807) is 12.3 Å². The van der Waals surface area contributed by atoms with Gasteiger partial charge in [0.25, 0.3) is 5.56 Å². The number of hydrogen-bond donors (Lipinski definition) is 0. The Hall–Kier alpha value is -0.650. The molecule has 0 amide bonds. The predicted molar refractivity (Wildman–Crippen MR) is 56.2 cm³/mol. The van der Waals surface area contributed by atoms with Gasteiger partial charge in [-0.2, -0.15) is 0 Å². The summed E-state index contributed by atoms with van der Waals surface area (Å²) in [6.07, 6.45) is 1.30. The monoisotopic (exact) mass is 261 g/mol. The van der Waals surface area contributed by atoms with Crippen LogP contribution in [0.25, 0.3) is 0 Å². The van der Waals surface area contributed by atoms with Gasteiger partial charge >= 0.3 is 0 Å². The molecular formula is C9H12BrNO3. The topological polar surface area (TPSA) is 40.5 Å². The Kier molecular flexibility index (Phi) is 4.31. The van der Waals surface area contributed by atoms with Crippen LogP contribution in [0.4, 0.5) is 0 Å². The second-order valence-electron chi connectivity index (χ2n) is 2.74. The molecule has 14 heavy (non-hydrogen) atoms. The van der Waals surface area contributed by atoms with Crippen molar-refractivity contribution in [1.29, 1.82) is 0 Å². The van der Waals surface area contributed by atoms with Crippen LogP contribution in [0, 0.1) is 0 Å². The van der Waals surface area contributed by atoms with Crippen LogP contribution in [0.5, 0.6) is 0 Å². The smallest absolute Gasteiger partial charge is 0.250 e. The number of halogens is 1. The fourth-order valence-corrected chi connectivity index (χ4v) is 1.43. The number of pyridine rings is 1. The Bertz CT molecular complexity index is 346. The van der Waals surface area contributed by atoms with Crippen molar-refractivity contribution in [3.05, 3.63) is 33.2 Å². The van der Waals surface area contributed by atoms with Gasteiger partial charge in [-0.05, 0) is 22.0 Å². The summed E-state index contributed by atoms with van der Waals surface area (Å²) in [4.78, 5) is 11.4. The first-order valence-electron chi connectivity index (χ1n) is 4.09. The fraction of sp³-hybridized carbons (Fsp3) is 0.444. The van der Waals surface area contributed by atoms with E-state index in [1.165, 1.54) is 24.9 Å². The zero-order chi connectivity index (χ0) is 10.6. The first kappa shape index (κ1) is 11.4. The Labute approximate surface area is 90.6 Å². The van der Waals surface area contributed by atoms with Gasteiger partial charge in [0, 0.05) is 31.0 Å². The summed E-state index contributed by atoms with van der Waals surface area (Å²) in [5.41, 5.74) is -0.0766. The number of nitrogens with zero attached hydrogens (tertiary/aromatic N) is 1. The van der Waals surface area contributed by atoms with Crippen LogP contribution >= 0.6 is 15.9 Å². The third-order valence-corrected chi connectivity index (χ3v) is 2.29. The first-order valence-corrected chi connectivity index (χ1v) is 4.88. The summed E-state index contributed by atoms with van der Waals surface area (Å²) < 4.78 is 12.4. The van der Waals surface area contributed by atoms with E-state index in [2.05, 4.69) is 15.9 Å². The highest BCUT2D eigenvalue weighted by atomic mass is 79.9. The molecule has 0 saturated heterocycles. The van der Waals surface area contributed by atoms with Crippen LogP contribution in [-0.2, 0) is 16.0 Å². The summed E-state index contributed by atoms with van der Waals surface area (Å²) in [5.74, 6) is 0. The molecule has 1 rings (SSSR count). The van der Waals surface area contributed by atoms with Gasteiger partial charge in [-0.15, -0.1) is 0 Å². The molecule has 1 aromatic heterocycles. The highest BCUT2D eigenvalue weighted by Gasteiger charge is 2.07. The van der Waals surface area contributed by atoms with E-state index < -0.39 is 6.29 Å². The second kappa shape index (κ2) is 5.29. The van der Waals surface area contributed by atoms with Crippen LogP contribution in [-0.4, -0.2) is 25.1 Å². The third kappa shape index (κ3) is 2.94. The van der Waals surface area contributed by atoms with E-state index in [1.807, 2.05) is 0 Å². The highest BCUT2D eigenvalue weighted by molar-refractivity contribution is 9.10. The molecule has 0 fully saturated rings. The minimum absolute atomic E-state index is 0.0766. The average Bonchev–Trinajstić information content (AvgIpc) is 2.19. The number of rotatable bonds is 4. The number of aromatic nitrogens is 1. The Morgan fingerprint density at radius 2 is 2.07 bits per heavy atom. The lowest BCUT2D eigenvalue weighted by atomic mass is 10.4. The van der Waals surface area contributed by atoms with Crippen molar-refractivity contribution in [2.75, 3.05) is 14.2 Å². The lowest BCUT2D eigenvalue weighted by Crippen LogP contribution is -2.27. The van der Waals surface area contributed by atoms with Crippen LogP contribution in [0.1, 0.15) is 0 Å². The number of hydrogen-bond acceptors (Lipinski definition) is 3. The van der Waals surface area contributed by atoms with E-state index in [-0.39, 0.29) is 5.56 Å². The van der Waals surface area contributed by atoms with Crippen molar-refractivity contribution in [3.63, 3.8) is 0 Å². The van der Waals surface area contributed by atoms with Crippen LogP contribution in [0.15, 0.2) is 27.6 Å². The van der Waals surface area contributed by atoms with Crippen molar-refractivity contribution in [1.82, 2.24) is 4.57 Å². The van der Waals surface area contributed by atoms with E-state index in [0.717, 1.165) is 4.47 Å². The van der Waals surface area contributed by atoms with Crippen molar-refractivity contribution < 1.29 is 9.47 Å². The standard InChI is InChI=1S/C9H12BrNO3/c1-13-9(14-2)6-11-5-7(10)3-4-8(11)12/h3-5,9H,6H2,1-2H3. The summed E-state index contributed by atoms with van der Waals surface area (Å²) in [7, 11) is 3.08. The zero-order valence-electron chi connectivity index (χ0n) is 8.07. The Balaban J connectivity index is 2.85. The molecule has 0 radical (unpaired) electrons. The van der Waals surface area contributed by atoms with Crippen molar-refractivity contribution in [3.8, 4) is 0 Å². The maximum Gasteiger partial charge on any atom is 0.250 e. The van der Waals surface area contributed by atoms with Gasteiger partial charge in [-0.3, -0.25) is 4.79 Å². The minimum Gasteiger partial charge on any atom is -0.354 e. The van der Waals surface area contributed by atoms with E-state index in [4.69, 9.17) is 9.47 Å². The number of methoxy groups -OCH3 is 2. The molecule has 0 aliphatic rings. The normalized spacial score (nSPS) is 10.9. The lowest BCUT2D eigenvalue weighted by Gasteiger charge is -2.14. The van der Waals surface area contributed by atoms with Gasteiger partial charge in [-0.1, -0.05) is 0 Å².